The molecule has 26 heavy (non-hydrogen) atoms. The van der Waals surface area contributed by atoms with Crippen molar-refractivity contribution in [2.24, 2.45) is 0 Å². The molecular weight excluding hydrogens is 328 g/mol. The first kappa shape index (κ1) is 15.8. The minimum Gasteiger partial charge on any atom is -0.507 e. The number of aromatic nitrogens is 4. The molecule has 4 aromatic rings. The molecule has 0 saturated heterocycles. The van der Waals surface area contributed by atoms with Crippen LogP contribution in [0.4, 0.5) is 0 Å². The molecule has 2 heterocycles. The van der Waals surface area contributed by atoms with Crippen molar-refractivity contribution in [1.29, 1.82) is 0 Å². The van der Waals surface area contributed by atoms with Crippen LogP contribution in [0.2, 0.25) is 0 Å². The molecule has 0 atom stereocenters. The SMILES string of the molecule is Oc1ccc(OCc2ccccc2)cc1-c1nc(-c2ccccn2)n[nH]1. The molecule has 0 aliphatic carbocycles. The van der Waals surface area contributed by atoms with Crippen LogP contribution in [-0.2, 0) is 6.61 Å². The van der Waals surface area contributed by atoms with Crippen molar-refractivity contribution in [3.63, 3.8) is 0 Å². The number of benzene rings is 2. The Bertz CT molecular complexity index is 1000. The standard InChI is InChI=1S/C20H16N4O2/c25-18-10-9-15(26-13-14-6-2-1-3-7-14)12-16(18)19-22-20(24-23-19)17-8-4-5-11-21-17/h1-12,25H,13H2,(H,22,23,24). The van der Waals surface area contributed by atoms with E-state index in [1.807, 2.05) is 48.5 Å². The predicted octanol–water partition coefficient (Wildman–Crippen LogP) is 3.82. The summed E-state index contributed by atoms with van der Waals surface area (Å²) < 4.78 is 5.82. The fraction of sp³-hybridized carbons (Fsp3) is 0.0500. The van der Waals surface area contributed by atoms with Gasteiger partial charge in [0.25, 0.3) is 0 Å². The molecule has 6 nitrogen and oxygen atoms in total. The van der Waals surface area contributed by atoms with E-state index in [1.165, 1.54) is 0 Å². The number of phenolic OH excluding ortho intramolecular Hbond substituents is 1. The van der Waals surface area contributed by atoms with E-state index in [0.29, 0.717) is 35.3 Å². The maximum absolute atomic E-state index is 10.2. The molecule has 0 radical (unpaired) electrons. The van der Waals surface area contributed by atoms with E-state index in [0.717, 1.165) is 5.56 Å². The minimum atomic E-state index is 0.0979. The third-order valence-corrected chi connectivity index (χ3v) is 3.85. The van der Waals surface area contributed by atoms with Crippen LogP contribution in [0.25, 0.3) is 22.9 Å². The number of phenols is 1. The van der Waals surface area contributed by atoms with E-state index in [9.17, 15) is 5.11 Å². The summed E-state index contributed by atoms with van der Waals surface area (Å²) in [6.45, 7) is 0.445. The van der Waals surface area contributed by atoms with Gasteiger partial charge in [-0.25, -0.2) is 4.98 Å². The summed E-state index contributed by atoms with van der Waals surface area (Å²) in [4.78, 5) is 8.65. The smallest absolute Gasteiger partial charge is 0.200 e. The monoisotopic (exact) mass is 344 g/mol. The van der Waals surface area contributed by atoms with Gasteiger partial charge < -0.3 is 9.84 Å². The van der Waals surface area contributed by atoms with Gasteiger partial charge in [-0.3, -0.25) is 10.1 Å². The van der Waals surface area contributed by atoms with Crippen molar-refractivity contribution in [2.45, 2.75) is 6.61 Å². The molecule has 0 bridgehead atoms. The lowest BCUT2D eigenvalue weighted by molar-refractivity contribution is 0.306. The van der Waals surface area contributed by atoms with E-state index in [4.69, 9.17) is 4.74 Å². The number of nitrogens with one attached hydrogen (secondary N) is 1. The van der Waals surface area contributed by atoms with Crippen molar-refractivity contribution in [3.8, 4) is 34.4 Å². The molecule has 2 aromatic carbocycles. The molecule has 2 aromatic heterocycles. The van der Waals surface area contributed by atoms with Gasteiger partial charge in [0, 0.05) is 6.20 Å². The molecule has 4 rings (SSSR count). The number of aromatic hydroxyl groups is 1. The second kappa shape index (κ2) is 7.06. The summed E-state index contributed by atoms with van der Waals surface area (Å²) >= 11 is 0. The third-order valence-electron chi connectivity index (χ3n) is 3.85. The Hall–Kier alpha value is -3.67. The van der Waals surface area contributed by atoms with Crippen molar-refractivity contribution >= 4 is 0 Å². The second-order valence-corrected chi connectivity index (χ2v) is 5.68. The van der Waals surface area contributed by atoms with Gasteiger partial charge in [0.05, 0.1) is 5.56 Å². The van der Waals surface area contributed by atoms with Crippen LogP contribution in [0.3, 0.4) is 0 Å². The number of rotatable bonds is 5. The Morgan fingerprint density at radius 1 is 0.962 bits per heavy atom. The van der Waals surface area contributed by atoms with Crippen molar-refractivity contribution in [2.75, 3.05) is 0 Å². The van der Waals surface area contributed by atoms with Crippen LogP contribution in [0.5, 0.6) is 11.5 Å². The van der Waals surface area contributed by atoms with Crippen molar-refractivity contribution < 1.29 is 9.84 Å². The van der Waals surface area contributed by atoms with E-state index in [-0.39, 0.29) is 5.75 Å². The van der Waals surface area contributed by atoms with Crippen LogP contribution in [0, 0.1) is 0 Å². The molecule has 2 N–H and O–H groups in total. The lowest BCUT2D eigenvalue weighted by Gasteiger charge is -2.08. The van der Waals surface area contributed by atoms with Gasteiger partial charge >= 0.3 is 0 Å². The van der Waals surface area contributed by atoms with E-state index >= 15 is 0 Å². The van der Waals surface area contributed by atoms with Crippen molar-refractivity contribution in [3.05, 3.63) is 78.5 Å². The number of nitrogens with zero attached hydrogens (tertiary/aromatic N) is 3. The Labute approximate surface area is 150 Å². The number of hydrogen-bond acceptors (Lipinski definition) is 5. The van der Waals surface area contributed by atoms with Crippen LogP contribution < -0.4 is 4.74 Å². The molecule has 128 valence electrons. The van der Waals surface area contributed by atoms with E-state index in [1.54, 1.807) is 24.4 Å². The summed E-state index contributed by atoms with van der Waals surface area (Å²) in [5.74, 6) is 1.65. The van der Waals surface area contributed by atoms with Gasteiger partial charge in [-0.1, -0.05) is 36.4 Å². The number of aromatic amines is 1. The molecule has 0 fully saturated rings. The zero-order valence-electron chi connectivity index (χ0n) is 13.8. The van der Waals surface area contributed by atoms with E-state index in [2.05, 4.69) is 20.2 Å². The number of pyridine rings is 1. The van der Waals surface area contributed by atoms with E-state index < -0.39 is 0 Å². The molecule has 0 aliphatic rings. The van der Waals surface area contributed by atoms with Gasteiger partial charge in [0.15, 0.2) is 11.6 Å². The second-order valence-electron chi connectivity index (χ2n) is 5.68. The average Bonchev–Trinajstić information content (AvgIpc) is 3.19. The molecule has 0 aliphatic heterocycles. The fourth-order valence-electron chi connectivity index (χ4n) is 2.53. The highest BCUT2D eigenvalue weighted by atomic mass is 16.5. The first-order chi connectivity index (χ1) is 12.8. The van der Waals surface area contributed by atoms with Crippen LogP contribution in [0.15, 0.2) is 72.9 Å². The third kappa shape index (κ3) is 3.39. The largest absolute Gasteiger partial charge is 0.507 e. The Balaban J connectivity index is 1.58. The highest BCUT2D eigenvalue weighted by Gasteiger charge is 2.13. The first-order valence-electron chi connectivity index (χ1n) is 8.13. The highest BCUT2D eigenvalue weighted by Crippen LogP contribution is 2.31. The summed E-state index contributed by atoms with van der Waals surface area (Å²) in [7, 11) is 0. The molecule has 0 spiro atoms. The average molecular weight is 344 g/mol. The quantitative estimate of drug-likeness (QED) is 0.575. The lowest BCUT2D eigenvalue weighted by atomic mass is 10.1. The summed E-state index contributed by atoms with van der Waals surface area (Å²) in [5, 5.41) is 17.2. The van der Waals surface area contributed by atoms with Gasteiger partial charge in [0.2, 0.25) is 0 Å². The number of H-pyrrole nitrogens is 1. The Morgan fingerprint density at radius 3 is 2.62 bits per heavy atom. The molecular formula is C20H16N4O2. The van der Waals surface area contributed by atoms with Gasteiger partial charge in [-0.2, -0.15) is 5.10 Å². The molecule has 0 amide bonds. The molecule has 0 unspecified atom stereocenters. The molecule has 0 saturated carbocycles. The Morgan fingerprint density at radius 2 is 1.81 bits per heavy atom. The zero-order chi connectivity index (χ0) is 17.8. The Kier molecular flexibility index (Phi) is 4.30. The maximum atomic E-state index is 10.2. The summed E-state index contributed by atoms with van der Waals surface area (Å²) in [6.07, 6.45) is 1.68. The number of ether oxygens (including phenoxy) is 1. The van der Waals surface area contributed by atoms with Gasteiger partial charge in [-0.15, -0.1) is 0 Å². The maximum Gasteiger partial charge on any atom is 0.200 e. The summed E-state index contributed by atoms with van der Waals surface area (Å²) in [6, 6.07) is 20.5. The van der Waals surface area contributed by atoms with Crippen LogP contribution >= 0.6 is 0 Å². The normalized spacial score (nSPS) is 10.6. The topological polar surface area (TPSA) is 83.9 Å². The lowest BCUT2D eigenvalue weighted by Crippen LogP contribution is -1.95. The summed E-state index contributed by atoms with van der Waals surface area (Å²) in [5.41, 5.74) is 2.25. The fourth-order valence-corrected chi connectivity index (χ4v) is 2.53. The predicted molar refractivity (Wildman–Crippen MR) is 97.5 cm³/mol. The first-order valence-corrected chi connectivity index (χ1v) is 8.13. The zero-order valence-corrected chi connectivity index (χ0v) is 13.8. The van der Waals surface area contributed by atoms with Crippen LogP contribution in [0.1, 0.15) is 5.56 Å². The van der Waals surface area contributed by atoms with Crippen molar-refractivity contribution in [1.82, 2.24) is 20.2 Å². The van der Waals surface area contributed by atoms with Gasteiger partial charge in [-0.05, 0) is 35.9 Å². The number of hydrogen-bond donors (Lipinski definition) is 2. The molecule has 6 heteroatoms. The minimum absolute atomic E-state index is 0.0979. The van der Waals surface area contributed by atoms with Gasteiger partial charge in [0.1, 0.15) is 23.8 Å². The highest BCUT2D eigenvalue weighted by molar-refractivity contribution is 5.67. The van der Waals surface area contributed by atoms with Crippen LogP contribution in [-0.4, -0.2) is 25.3 Å².